The Hall–Kier alpha value is -2.68. The monoisotopic (exact) mass is 417 g/mol. The van der Waals surface area contributed by atoms with Crippen molar-refractivity contribution in [1.82, 2.24) is 4.90 Å². The number of carbonyl (C=O) groups is 2. The molecule has 1 amide bonds. The lowest BCUT2D eigenvalue weighted by Gasteiger charge is -2.24. The van der Waals surface area contributed by atoms with Gasteiger partial charge in [0.25, 0.3) is 11.7 Å². The number of nitrogens with zero attached hydrogens (tertiary/aromatic N) is 1. The summed E-state index contributed by atoms with van der Waals surface area (Å²) in [6.45, 7) is 2.78. The number of carbonyl (C=O) groups excluding carboxylic acids is 2. The van der Waals surface area contributed by atoms with Gasteiger partial charge in [-0.3, -0.25) is 9.59 Å². The number of ether oxygens (including phenoxy) is 2. The Bertz CT molecular complexity index is 875. The Morgan fingerprint density at radius 3 is 2.55 bits per heavy atom. The molecule has 1 aromatic heterocycles. The first-order chi connectivity index (χ1) is 14.1. The topological polar surface area (TPSA) is 96.3 Å². The van der Waals surface area contributed by atoms with E-state index in [1.54, 1.807) is 24.3 Å². The van der Waals surface area contributed by atoms with E-state index in [0.29, 0.717) is 17.9 Å². The van der Waals surface area contributed by atoms with Crippen LogP contribution in [0.1, 0.15) is 23.4 Å². The third kappa shape index (κ3) is 4.50. The maximum absolute atomic E-state index is 12.8. The number of Topliss-reactive ketones (excluding diaryl/α,β-unsaturated/α-hetero) is 1. The highest BCUT2D eigenvalue weighted by molar-refractivity contribution is 7.10. The van der Waals surface area contributed by atoms with E-state index in [-0.39, 0.29) is 37.7 Å². The highest BCUT2D eigenvalue weighted by atomic mass is 32.1. The second kappa shape index (κ2) is 9.69. The van der Waals surface area contributed by atoms with E-state index in [9.17, 15) is 14.7 Å². The SMILES string of the molecule is CCOc1ccc(/C(O)=C2\C(=O)C(=O)N(CCOCCO)C2c2cccs2)cc1. The molecule has 7 nitrogen and oxygen atoms in total. The van der Waals surface area contributed by atoms with Gasteiger partial charge in [-0.2, -0.15) is 0 Å². The van der Waals surface area contributed by atoms with Crippen molar-refractivity contribution < 1.29 is 29.3 Å². The van der Waals surface area contributed by atoms with Crippen LogP contribution in [0.4, 0.5) is 0 Å². The highest BCUT2D eigenvalue weighted by Crippen LogP contribution is 2.40. The molecule has 154 valence electrons. The molecule has 1 fully saturated rings. The smallest absolute Gasteiger partial charge is 0.295 e. The number of benzene rings is 1. The van der Waals surface area contributed by atoms with Gasteiger partial charge in [0.05, 0.1) is 38.0 Å². The van der Waals surface area contributed by atoms with Crippen LogP contribution in [-0.4, -0.2) is 59.8 Å². The van der Waals surface area contributed by atoms with Crippen molar-refractivity contribution >= 4 is 28.8 Å². The number of rotatable bonds is 9. The Morgan fingerprint density at radius 1 is 1.17 bits per heavy atom. The maximum Gasteiger partial charge on any atom is 0.295 e. The molecule has 1 saturated heterocycles. The molecule has 1 unspecified atom stereocenters. The zero-order valence-corrected chi connectivity index (χ0v) is 16.9. The number of amides is 1. The summed E-state index contributed by atoms with van der Waals surface area (Å²) >= 11 is 1.40. The summed E-state index contributed by atoms with van der Waals surface area (Å²) in [5.41, 5.74) is 0.494. The van der Waals surface area contributed by atoms with E-state index >= 15 is 0 Å². The largest absolute Gasteiger partial charge is 0.507 e. The summed E-state index contributed by atoms with van der Waals surface area (Å²) in [6.07, 6.45) is 0. The van der Waals surface area contributed by atoms with Crippen LogP contribution in [0, 0.1) is 0 Å². The van der Waals surface area contributed by atoms with Crippen LogP contribution in [0.15, 0.2) is 47.4 Å². The van der Waals surface area contributed by atoms with Crippen molar-refractivity contribution in [3.8, 4) is 5.75 Å². The van der Waals surface area contributed by atoms with E-state index in [1.165, 1.54) is 16.2 Å². The summed E-state index contributed by atoms with van der Waals surface area (Å²) < 4.78 is 10.7. The normalized spacial score (nSPS) is 18.4. The molecule has 2 heterocycles. The molecule has 0 aliphatic carbocycles. The summed E-state index contributed by atoms with van der Waals surface area (Å²) in [7, 11) is 0. The van der Waals surface area contributed by atoms with Crippen LogP contribution in [0.3, 0.4) is 0 Å². The van der Waals surface area contributed by atoms with Gasteiger partial charge in [0.2, 0.25) is 0 Å². The molecule has 1 aliphatic heterocycles. The van der Waals surface area contributed by atoms with Crippen LogP contribution in [0.2, 0.25) is 0 Å². The number of hydrogen-bond acceptors (Lipinski definition) is 7. The molecular weight excluding hydrogens is 394 g/mol. The number of likely N-dealkylation sites (tertiary alicyclic amines) is 1. The quantitative estimate of drug-likeness (QED) is 0.282. The molecule has 0 radical (unpaired) electrons. The predicted octanol–water partition coefficient (Wildman–Crippen LogP) is 2.58. The molecule has 0 spiro atoms. The second-order valence-corrected chi connectivity index (χ2v) is 7.28. The van der Waals surface area contributed by atoms with Crippen LogP contribution in [0.5, 0.6) is 5.75 Å². The van der Waals surface area contributed by atoms with Gasteiger partial charge in [0.15, 0.2) is 0 Å². The van der Waals surface area contributed by atoms with Crippen molar-refractivity contribution in [2.75, 3.05) is 33.0 Å². The van der Waals surface area contributed by atoms with Gasteiger partial charge < -0.3 is 24.6 Å². The summed E-state index contributed by atoms with van der Waals surface area (Å²) in [4.78, 5) is 27.6. The minimum absolute atomic E-state index is 0.0590. The Kier molecular flexibility index (Phi) is 7.03. The lowest BCUT2D eigenvalue weighted by molar-refractivity contribution is -0.140. The fourth-order valence-electron chi connectivity index (χ4n) is 3.21. The van der Waals surface area contributed by atoms with E-state index in [0.717, 1.165) is 4.88 Å². The number of thiophene rings is 1. The van der Waals surface area contributed by atoms with Gasteiger partial charge >= 0.3 is 0 Å². The number of aliphatic hydroxyl groups excluding tert-OH is 2. The third-order valence-electron chi connectivity index (χ3n) is 4.50. The molecule has 0 saturated carbocycles. The van der Waals surface area contributed by atoms with Gasteiger partial charge in [-0.25, -0.2) is 0 Å². The van der Waals surface area contributed by atoms with Gasteiger partial charge in [0, 0.05) is 17.0 Å². The first-order valence-corrected chi connectivity index (χ1v) is 10.2. The molecule has 2 N–H and O–H groups in total. The van der Waals surface area contributed by atoms with Crippen LogP contribution in [-0.2, 0) is 14.3 Å². The van der Waals surface area contributed by atoms with Crippen molar-refractivity contribution in [2.24, 2.45) is 0 Å². The standard InChI is InChI=1S/C21H23NO6S/c1-2-28-15-7-5-14(6-8-15)19(24)17-18(16-4-3-13-29-16)22(21(26)20(17)25)9-11-27-12-10-23/h3-8,13,18,23-24H,2,9-12H2,1H3/b19-17+. The average molecular weight is 417 g/mol. The molecule has 1 aliphatic rings. The van der Waals surface area contributed by atoms with Crippen molar-refractivity contribution in [2.45, 2.75) is 13.0 Å². The number of ketones is 1. The van der Waals surface area contributed by atoms with Crippen molar-refractivity contribution in [1.29, 1.82) is 0 Å². The van der Waals surface area contributed by atoms with Gasteiger partial charge in [0.1, 0.15) is 11.5 Å². The Labute approximate surface area is 172 Å². The van der Waals surface area contributed by atoms with Gasteiger partial charge in [-0.05, 0) is 42.6 Å². The lowest BCUT2D eigenvalue weighted by atomic mass is 10.00. The Morgan fingerprint density at radius 2 is 1.93 bits per heavy atom. The average Bonchev–Trinajstić information content (AvgIpc) is 3.34. The Balaban J connectivity index is 1.97. The summed E-state index contributed by atoms with van der Waals surface area (Å²) in [5, 5.41) is 21.6. The molecule has 1 aromatic carbocycles. The zero-order valence-electron chi connectivity index (χ0n) is 16.0. The third-order valence-corrected chi connectivity index (χ3v) is 5.43. The second-order valence-electron chi connectivity index (χ2n) is 6.30. The van der Waals surface area contributed by atoms with Gasteiger partial charge in [-0.15, -0.1) is 11.3 Å². The van der Waals surface area contributed by atoms with Crippen LogP contribution in [0.25, 0.3) is 5.76 Å². The van der Waals surface area contributed by atoms with Gasteiger partial charge in [-0.1, -0.05) is 6.07 Å². The molecule has 2 aromatic rings. The fourth-order valence-corrected chi connectivity index (χ4v) is 4.06. The molecule has 3 rings (SSSR count). The summed E-state index contributed by atoms with van der Waals surface area (Å²) in [6, 6.07) is 9.70. The first kappa shape index (κ1) is 21.0. The first-order valence-electron chi connectivity index (χ1n) is 9.32. The van der Waals surface area contributed by atoms with E-state index in [2.05, 4.69) is 0 Å². The molecule has 29 heavy (non-hydrogen) atoms. The van der Waals surface area contributed by atoms with Crippen LogP contribution >= 0.6 is 11.3 Å². The molecule has 1 atom stereocenters. The predicted molar refractivity (Wildman–Crippen MR) is 109 cm³/mol. The highest BCUT2D eigenvalue weighted by Gasteiger charge is 2.46. The number of aliphatic hydroxyl groups is 2. The van der Waals surface area contributed by atoms with E-state index in [1.807, 2.05) is 24.4 Å². The maximum atomic E-state index is 12.8. The van der Waals surface area contributed by atoms with E-state index in [4.69, 9.17) is 14.6 Å². The number of hydrogen-bond donors (Lipinski definition) is 2. The van der Waals surface area contributed by atoms with Crippen molar-refractivity contribution in [3.63, 3.8) is 0 Å². The fraction of sp³-hybridized carbons (Fsp3) is 0.333. The molecular formula is C21H23NO6S. The summed E-state index contributed by atoms with van der Waals surface area (Å²) in [5.74, 6) is -0.968. The minimum Gasteiger partial charge on any atom is -0.507 e. The van der Waals surface area contributed by atoms with Crippen LogP contribution < -0.4 is 4.74 Å². The molecule has 0 bridgehead atoms. The lowest BCUT2D eigenvalue weighted by Crippen LogP contribution is -2.32. The van der Waals surface area contributed by atoms with E-state index < -0.39 is 17.7 Å². The van der Waals surface area contributed by atoms with Crippen molar-refractivity contribution in [3.05, 3.63) is 57.8 Å². The molecule has 8 heteroatoms. The zero-order chi connectivity index (χ0) is 20.8. The minimum atomic E-state index is -0.725.